The van der Waals surface area contributed by atoms with Gasteiger partial charge in [-0.15, -0.1) is 11.3 Å². The number of carbonyl (C=O) groups excluding carboxylic acids is 1. The van der Waals surface area contributed by atoms with E-state index in [1.807, 2.05) is 0 Å². The van der Waals surface area contributed by atoms with Gasteiger partial charge in [0, 0.05) is 14.9 Å². The van der Waals surface area contributed by atoms with Crippen LogP contribution in [0.2, 0.25) is 5.02 Å². The van der Waals surface area contributed by atoms with Gasteiger partial charge < -0.3 is 5.21 Å². The molecular weight excluding hydrogens is 366 g/mol. The number of oxime groups is 1. The largest absolute Gasteiger partial charge is 0.411 e. The van der Waals surface area contributed by atoms with Gasteiger partial charge in [0.2, 0.25) is 0 Å². The average Bonchev–Trinajstić information content (AvgIpc) is 2.89. The lowest BCUT2D eigenvalue weighted by atomic mass is 10.2. The summed E-state index contributed by atoms with van der Waals surface area (Å²) in [5.74, 6) is -0.320. The first-order valence-electron chi connectivity index (χ1n) is 5.42. The third-order valence-corrected chi connectivity index (χ3v) is 4.10. The maximum atomic E-state index is 12.1. The number of amides is 1. The highest BCUT2D eigenvalue weighted by atomic mass is 79.9. The number of hydrogen-bond donors (Lipinski definition) is 2. The molecule has 0 atom stereocenters. The van der Waals surface area contributed by atoms with Gasteiger partial charge in [0.1, 0.15) is 11.4 Å². The number of anilines is 1. The summed E-state index contributed by atoms with van der Waals surface area (Å²) in [6.07, 6.45) is 0. The molecule has 1 heterocycles. The summed E-state index contributed by atoms with van der Waals surface area (Å²) in [5.41, 5.74) is 1.31. The first-order valence-corrected chi connectivity index (χ1v) is 7.47. The Morgan fingerprint density at radius 3 is 3.00 bits per heavy atom. The normalized spacial score (nSPS) is 11.4. The molecule has 0 saturated carbocycles. The van der Waals surface area contributed by atoms with Crippen molar-refractivity contribution in [3.63, 3.8) is 0 Å². The minimum Gasteiger partial charge on any atom is -0.411 e. The fourth-order valence-electron chi connectivity index (χ4n) is 1.38. The summed E-state index contributed by atoms with van der Waals surface area (Å²) < 4.78 is 0.643. The number of nitrogens with one attached hydrogen (secondary N) is 1. The van der Waals surface area contributed by atoms with Crippen LogP contribution in [0.4, 0.5) is 5.13 Å². The molecular formula is C12H9BrClN3O2S. The van der Waals surface area contributed by atoms with Crippen molar-refractivity contribution in [2.24, 2.45) is 5.16 Å². The lowest BCUT2D eigenvalue weighted by Gasteiger charge is -2.04. The Bertz CT molecular complexity index is 687. The molecule has 0 saturated heterocycles. The molecule has 8 heteroatoms. The number of aromatic nitrogens is 1. The highest BCUT2D eigenvalue weighted by Crippen LogP contribution is 2.23. The van der Waals surface area contributed by atoms with Crippen LogP contribution in [0.15, 0.2) is 33.2 Å². The number of nitrogens with zero attached hydrogens (tertiary/aromatic N) is 2. The fourth-order valence-corrected chi connectivity index (χ4v) is 2.73. The van der Waals surface area contributed by atoms with Crippen LogP contribution in [0.5, 0.6) is 0 Å². The molecule has 0 radical (unpaired) electrons. The zero-order valence-electron chi connectivity index (χ0n) is 10.2. The van der Waals surface area contributed by atoms with Crippen molar-refractivity contribution in [2.75, 3.05) is 5.32 Å². The van der Waals surface area contributed by atoms with E-state index < -0.39 is 0 Å². The maximum Gasteiger partial charge on any atom is 0.258 e. The molecule has 2 aromatic rings. The molecule has 1 aromatic carbocycles. The second kappa shape index (κ2) is 6.34. The number of halogens is 2. The Balaban J connectivity index is 2.19. The first-order chi connectivity index (χ1) is 9.51. The van der Waals surface area contributed by atoms with Gasteiger partial charge in [-0.05, 0) is 41.1 Å². The highest BCUT2D eigenvalue weighted by molar-refractivity contribution is 9.10. The fraction of sp³-hybridized carbons (Fsp3) is 0.0833. The van der Waals surface area contributed by atoms with Gasteiger partial charge in [-0.2, -0.15) is 0 Å². The highest BCUT2D eigenvalue weighted by Gasteiger charge is 2.13. The van der Waals surface area contributed by atoms with Crippen molar-refractivity contribution in [1.82, 2.24) is 4.98 Å². The quantitative estimate of drug-likeness (QED) is 0.484. The number of carbonyl (C=O) groups is 1. The van der Waals surface area contributed by atoms with Crippen molar-refractivity contribution in [1.29, 1.82) is 0 Å². The Hall–Kier alpha value is -1.44. The van der Waals surface area contributed by atoms with Crippen LogP contribution in [0.3, 0.4) is 0 Å². The summed E-state index contributed by atoms with van der Waals surface area (Å²) in [4.78, 5) is 16.3. The SMILES string of the molecule is C/C(=N/O)c1csc(NC(=O)c2cc(Cl)ccc2Br)n1. The third kappa shape index (κ3) is 3.36. The van der Waals surface area contributed by atoms with Gasteiger partial charge in [-0.25, -0.2) is 4.98 Å². The molecule has 2 N–H and O–H groups in total. The van der Waals surface area contributed by atoms with E-state index in [2.05, 4.69) is 31.4 Å². The topological polar surface area (TPSA) is 74.6 Å². The van der Waals surface area contributed by atoms with E-state index in [9.17, 15) is 4.79 Å². The summed E-state index contributed by atoms with van der Waals surface area (Å²) >= 11 is 10.4. The lowest BCUT2D eigenvalue weighted by molar-refractivity contribution is 0.102. The van der Waals surface area contributed by atoms with Crippen molar-refractivity contribution < 1.29 is 10.0 Å². The van der Waals surface area contributed by atoms with Crippen LogP contribution in [0, 0.1) is 0 Å². The number of rotatable bonds is 3. The van der Waals surface area contributed by atoms with E-state index in [0.29, 0.717) is 31.6 Å². The van der Waals surface area contributed by atoms with Gasteiger partial charge in [0.15, 0.2) is 5.13 Å². The zero-order valence-corrected chi connectivity index (χ0v) is 13.4. The average molecular weight is 375 g/mol. The third-order valence-electron chi connectivity index (χ3n) is 2.42. The lowest BCUT2D eigenvalue weighted by Crippen LogP contribution is -2.12. The van der Waals surface area contributed by atoms with Crippen LogP contribution < -0.4 is 5.32 Å². The molecule has 0 aliphatic rings. The standard InChI is InChI=1S/C12H9BrClN3O2S/c1-6(17-19)10-5-20-12(15-10)16-11(18)8-4-7(14)2-3-9(8)13/h2-5,19H,1H3,(H,15,16,18)/b17-6-. The summed E-state index contributed by atoms with van der Waals surface area (Å²) in [5, 5.41) is 17.0. The molecule has 0 aliphatic heterocycles. The molecule has 0 bridgehead atoms. The van der Waals surface area contributed by atoms with Gasteiger partial charge in [0.05, 0.1) is 5.56 Å². The molecule has 20 heavy (non-hydrogen) atoms. The molecule has 0 spiro atoms. The molecule has 2 rings (SSSR count). The van der Waals surface area contributed by atoms with E-state index in [1.54, 1.807) is 30.5 Å². The predicted molar refractivity (Wildman–Crippen MR) is 83.2 cm³/mol. The van der Waals surface area contributed by atoms with Gasteiger partial charge in [0.25, 0.3) is 5.91 Å². The Labute approximate surface area is 132 Å². The second-order valence-corrected chi connectivity index (χ2v) is 5.95. The monoisotopic (exact) mass is 373 g/mol. The van der Waals surface area contributed by atoms with E-state index in [-0.39, 0.29) is 5.91 Å². The molecule has 0 unspecified atom stereocenters. The molecule has 1 amide bonds. The van der Waals surface area contributed by atoms with E-state index in [1.165, 1.54) is 11.3 Å². The minimum absolute atomic E-state index is 0.320. The van der Waals surface area contributed by atoms with Crippen LogP contribution in [-0.4, -0.2) is 21.8 Å². The van der Waals surface area contributed by atoms with E-state index in [0.717, 1.165) is 0 Å². The first kappa shape index (κ1) is 15.0. The van der Waals surface area contributed by atoms with Crippen molar-refractivity contribution in [3.8, 4) is 0 Å². The summed E-state index contributed by atoms with van der Waals surface area (Å²) in [7, 11) is 0. The molecule has 0 aliphatic carbocycles. The minimum atomic E-state index is -0.320. The van der Waals surface area contributed by atoms with Crippen LogP contribution in [0.1, 0.15) is 23.0 Å². The van der Waals surface area contributed by atoms with Gasteiger partial charge in [-0.3, -0.25) is 10.1 Å². The number of thiazole rings is 1. The summed E-state index contributed by atoms with van der Waals surface area (Å²) in [6, 6.07) is 4.95. The van der Waals surface area contributed by atoms with E-state index in [4.69, 9.17) is 16.8 Å². The van der Waals surface area contributed by atoms with Crippen molar-refractivity contribution >= 4 is 55.6 Å². The van der Waals surface area contributed by atoms with Gasteiger partial charge in [-0.1, -0.05) is 16.8 Å². The van der Waals surface area contributed by atoms with Crippen LogP contribution >= 0.6 is 38.9 Å². The Kier molecular flexibility index (Phi) is 4.74. The summed E-state index contributed by atoms with van der Waals surface area (Å²) in [6.45, 7) is 1.62. The van der Waals surface area contributed by atoms with Crippen molar-refractivity contribution in [2.45, 2.75) is 6.92 Å². The molecule has 104 valence electrons. The number of benzene rings is 1. The predicted octanol–water partition coefficient (Wildman–Crippen LogP) is 4.01. The van der Waals surface area contributed by atoms with Gasteiger partial charge >= 0.3 is 0 Å². The zero-order chi connectivity index (χ0) is 14.7. The molecule has 0 fully saturated rings. The second-order valence-electron chi connectivity index (χ2n) is 3.80. The molecule has 1 aromatic heterocycles. The smallest absolute Gasteiger partial charge is 0.258 e. The van der Waals surface area contributed by atoms with E-state index >= 15 is 0 Å². The molecule has 5 nitrogen and oxygen atoms in total. The van der Waals surface area contributed by atoms with Crippen molar-refractivity contribution in [3.05, 3.63) is 44.3 Å². The van der Waals surface area contributed by atoms with Crippen LogP contribution in [0.25, 0.3) is 0 Å². The Morgan fingerprint density at radius 2 is 2.30 bits per heavy atom. The number of hydrogen-bond acceptors (Lipinski definition) is 5. The van der Waals surface area contributed by atoms with Crippen LogP contribution in [-0.2, 0) is 0 Å². The maximum absolute atomic E-state index is 12.1. The Morgan fingerprint density at radius 1 is 1.55 bits per heavy atom.